The number of ketones is 1. The third kappa shape index (κ3) is 3.41. The largest absolute Gasteiger partial charge is 0.507 e. The zero-order valence-electron chi connectivity index (χ0n) is 9.97. The Morgan fingerprint density at radius 2 is 2.06 bits per heavy atom. The fourth-order valence-electron chi connectivity index (χ4n) is 1.26. The number of carbonyl (C=O) groups is 1. The summed E-state index contributed by atoms with van der Waals surface area (Å²) in [5, 5.41) is 9.73. The molecule has 3 nitrogen and oxygen atoms in total. The molecule has 3 heteroatoms. The summed E-state index contributed by atoms with van der Waals surface area (Å²) in [6, 6.07) is 6.84. The van der Waals surface area contributed by atoms with Crippen molar-refractivity contribution in [2.75, 3.05) is 0 Å². The lowest BCUT2D eigenvalue weighted by Gasteiger charge is -2.04. The van der Waals surface area contributed by atoms with Crippen LogP contribution in [0.15, 0.2) is 53.7 Å². The molecule has 1 aromatic rings. The number of rotatable bonds is 4. The van der Waals surface area contributed by atoms with Crippen LogP contribution in [0, 0.1) is 0 Å². The van der Waals surface area contributed by atoms with Crippen LogP contribution in [0.25, 0.3) is 0 Å². The number of hydrogen-bond acceptors (Lipinski definition) is 3. The minimum Gasteiger partial charge on any atom is -0.507 e. The second kappa shape index (κ2) is 5.80. The van der Waals surface area contributed by atoms with E-state index in [0.717, 1.165) is 0 Å². The van der Waals surface area contributed by atoms with E-state index in [9.17, 15) is 9.90 Å². The van der Waals surface area contributed by atoms with Gasteiger partial charge >= 0.3 is 0 Å². The highest BCUT2D eigenvalue weighted by molar-refractivity contribution is 6.12. The summed E-state index contributed by atoms with van der Waals surface area (Å²) in [5.41, 5.74) is 1.26. The predicted octanol–water partition coefficient (Wildman–Crippen LogP) is 2.86. The van der Waals surface area contributed by atoms with E-state index in [1.165, 1.54) is 6.92 Å². The Balaban J connectivity index is 3.24. The number of phenolic OH excluding ortho intramolecular Hbond substituents is 1. The molecule has 0 bridgehead atoms. The molecule has 0 amide bonds. The number of para-hydroxylation sites is 1. The predicted molar refractivity (Wildman–Crippen MR) is 69.3 cm³/mol. The molecule has 0 radical (unpaired) electrons. The van der Waals surface area contributed by atoms with E-state index >= 15 is 0 Å². The molecule has 0 aliphatic rings. The molecule has 0 saturated heterocycles. The lowest BCUT2D eigenvalue weighted by Crippen LogP contribution is -2.01. The van der Waals surface area contributed by atoms with Gasteiger partial charge in [-0.15, -0.1) is 0 Å². The summed E-state index contributed by atoms with van der Waals surface area (Å²) in [6.07, 6.45) is 3.52. The smallest absolute Gasteiger partial charge is 0.177 e. The van der Waals surface area contributed by atoms with Gasteiger partial charge in [0.25, 0.3) is 0 Å². The maximum atomic E-state index is 11.1. The molecule has 0 spiro atoms. The van der Waals surface area contributed by atoms with Gasteiger partial charge in [0.05, 0.1) is 11.4 Å². The zero-order chi connectivity index (χ0) is 12.8. The molecule has 0 unspecified atom stereocenters. The average molecular weight is 229 g/mol. The summed E-state index contributed by atoms with van der Waals surface area (Å²) in [5.74, 6) is -0.0665. The van der Waals surface area contributed by atoms with Crippen LogP contribution >= 0.6 is 0 Å². The summed E-state index contributed by atoms with van der Waals surface area (Å²) in [6.45, 7) is 6.82. The molecule has 0 heterocycles. The van der Waals surface area contributed by atoms with Gasteiger partial charge in [-0.1, -0.05) is 24.8 Å². The van der Waals surface area contributed by atoms with Gasteiger partial charge in [-0.2, -0.15) is 0 Å². The SMILES string of the molecule is C=C(/N=C(\C=C/C)c1ccccc1O)C(C)=O. The molecule has 1 aromatic carbocycles. The lowest BCUT2D eigenvalue weighted by atomic mass is 10.1. The Labute approximate surface area is 101 Å². The standard InChI is InChI=1S/C14H15NO2/c1-4-7-13(15-10(2)11(3)16)12-8-5-6-9-14(12)17/h4-9,17H,2H2,1,3H3/b7-4-,15-13+. The van der Waals surface area contributed by atoms with E-state index in [1.807, 2.05) is 6.92 Å². The van der Waals surface area contributed by atoms with Crippen molar-refractivity contribution in [1.29, 1.82) is 0 Å². The van der Waals surface area contributed by atoms with Crippen molar-refractivity contribution < 1.29 is 9.90 Å². The van der Waals surface area contributed by atoms with E-state index in [1.54, 1.807) is 36.4 Å². The number of nitrogens with zero attached hydrogens (tertiary/aromatic N) is 1. The summed E-state index contributed by atoms with van der Waals surface area (Å²) < 4.78 is 0. The van der Waals surface area contributed by atoms with Gasteiger partial charge in [0.1, 0.15) is 5.75 Å². The molecule has 0 fully saturated rings. The van der Waals surface area contributed by atoms with E-state index < -0.39 is 0 Å². The van der Waals surface area contributed by atoms with Crippen LogP contribution in [0.3, 0.4) is 0 Å². The minimum absolute atomic E-state index is 0.126. The van der Waals surface area contributed by atoms with Crippen molar-refractivity contribution in [1.82, 2.24) is 0 Å². The highest BCUT2D eigenvalue weighted by atomic mass is 16.3. The second-order valence-electron chi connectivity index (χ2n) is 3.52. The quantitative estimate of drug-likeness (QED) is 0.637. The van der Waals surface area contributed by atoms with Crippen LogP contribution in [0.1, 0.15) is 19.4 Å². The third-order valence-electron chi connectivity index (χ3n) is 2.17. The molecule has 1 rings (SSSR count). The van der Waals surface area contributed by atoms with Crippen molar-refractivity contribution >= 4 is 11.5 Å². The highest BCUT2D eigenvalue weighted by Gasteiger charge is 2.07. The van der Waals surface area contributed by atoms with Crippen molar-refractivity contribution in [3.8, 4) is 5.75 Å². The first-order valence-corrected chi connectivity index (χ1v) is 5.26. The fraction of sp³-hybridized carbons (Fsp3) is 0.143. The van der Waals surface area contributed by atoms with Crippen LogP contribution in [0.2, 0.25) is 0 Å². The molecule has 0 saturated carbocycles. The molecular weight excluding hydrogens is 214 g/mol. The van der Waals surface area contributed by atoms with Gasteiger partial charge in [-0.25, -0.2) is 4.99 Å². The van der Waals surface area contributed by atoms with E-state index in [4.69, 9.17) is 0 Å². The van der Waals surface area contributed by atoms with E-state index in [2.05, 4.69) is 11.6 Å². The number of aliphatic imine (C=N–C) groups is 1. The van der Waals surface area contributed by atoms with Crippen molar-refractivity contribution in [2.24, 2.45) is 4.99 Å². The normalized spacial score (nSPS) is 11.8. The topological polar surface area (TPSA) is 49.7 Å². The molecule has 0 aromatic heterocycles. The monoisotopic (exact) mass is 229 g/mol. The van der Waals surface area contributed by atoms with Gasteiger partial charge in [-0.3, -0.25) is 4.79 Å². The fourth-order valence-corrected chi connectivity index (χ4v) is 1.26. The van der Waals surface area contributed by atoms with Gasteiger partial charge < -0.3 is 5.11 Å². The maximum absolute atomic E-state index is 11.1. The van der Waals surface area contributed by atoms with Crippen LogP contribution in [0.5, 0.6) is 5.75 Å². The molecule has 17 heavy (non-hydrogen) atoms. The Hall–Kier alpha value is -2.16. The average Bonchev–Trinajstić information content (AvgIpc) is 2.29. The number of carbonyl (C=O) groups excluding carboxylic acids is 1. The van der Waals surface area contributed by atoms with Gasteiger partial charge in [0, 0.05) is 12.5 Å². The summed E-state index contributed by atoms with van der Waals surface area (Å²) >= 11 is 0. The second-order valence-corrected chi connectivity index (χ2v) is 3.52. The lowest BCUT2D eigenvalue weighted by molar-refractivity contribution is -0.113. The minimum atomic E-state index is -0.192. The number of benzene rings is 1. The van der Waals surface area contributed by atoms with E-state index in [-0.39, 0.29) is 17.2 Å². The maximum Gasteiger partial charge on any atom is 0.177 e. The van der Waals surface area contributed by atoms with Gasteiger partial charge in [-0.05, 0) is 25.1 Å². The number of allylic oxidation sites excluding steroid dienone is 3. The molecule has 1 N–H and O–H groups in total. The first-order chi connectivity index (χ1) is 8.06. The molecular formula is C14H15NO2. The van der Waals surface area contributed by atoms with Crippen molar-refractivity contribution in [2.45, 2.75) is 13.8 Å². The van der Waals surface area contributed by atoms with E-state index in [0.29, 0.717) is 11.3 Å². The van der Waals surface area contributed by atoms with Crippen LogP contribution in [-0.4, -0.2) is 16.6 Å². The summed E-state index contributed by atoms with van der Waals surface area (Å²) in [7, 11) is 0. The van der Waals surface area contributed by atoms with Crippen molar-refractivity contribution in [3.05, 3.63) is 54.3 Å². The van der Waals surface area contributed by atoms with Gasteiger partial charge in [0.2, 0.25) is 0 Å². The Bertz CT molecular complexity index is 499. The molecule has 0 atom stereocenters. The van der Waals surface area contributed by atoms with Crippen LogP contribution in [-0.2, 0) is 4.79 Å². The highest BCUT2D eigenvalue weighted by Crippen LogP contribution is 2.18. The number of hydrogen-bond donors (Lipinski definition) is 1. The Morgan fingerprint density at radius 1 is 1.41 bits per heavy atom. The molecule has 0 aliphatic heterocycles. The number of Topliss-reactive ketones (excluding diaryl/α,β-unsaturated/α-hetero) is 1. The van der Waals surface area contributed by atoms with Crippen LogP contribution < -0.4 is 0 Å². The number of phenols is 1. The Morgan fingerprint density at radius 3 is 2.59 bits per heavy atom. The Kier molecular flexibility index (Phi) is 4.40. The summed E-state index contributed by atoms with van der Waals surface area (Å²) in [4.78, 5) is 15.2. The van der Waals surface area contributed by atoms with Crippen LogP contribution in [0.4, 0.5) is 0 Å². The molecule has 0 aliphatic carbocycles. The zero-order valence-corrected chi connectivity index (χ0v) is 9.97. The first kappa shape index (κ1) is 12.9. The molecule has 88 valence electrons. The number of aromatic hydroxyl groups is 1. The third-order valence-corrected chi connectivity index (χ3v) is 2.17. The first-order valence-electron chi connectivity index (χ1n) is 5.26. The van der Waals surface area contributed by atoms with Crippen molar-refractivity contribution in [3.63, 3.8) is 0 Å². The van der Waals surface area contributed by atoms with Gasteiger partial charge in [0.15, 0.2) is 5.78 Å².